The third-order valence-corrected chi connectivity index (χ3v) is 4.28. The average molecular weight is 347 g/mol. The Morgan fingerprint density at radius 2 is 2.08 bits per heavy atom. The third-order valence-electron chi connectivity index (χ3n) is 4.28. The number of alkyl halides is 3. The number of aryl methyl sites for hydroxylation is 2. The Labute approximate surface area is 136 Å². The molecule has 0 aromatic carbocycles. The Morgan fingerprint density at radius 3 is 2.67 bits per heavy atom. The van der Waals surface area contributed by atoms with E-state index in [0.29, 0.717) is 17.1 Å². The van der Waals surface area contributed by atoms with Crippen molar-refractivity contribution in [2.24, 2.45) is 0 Å². The van der Waals surface area contributed by atoms with E-state index < -0.39 is 30.7 Å². The van der Waals surface area contributed by atoms with Crippen molar-refractivity contribution in [2.75, 3.05) is 13.1 Å². The molecule has 1 saturated heterocycles. The number of nitrogens with zero attached hydrogens (tertiary/aromatic N) is 2. The average Bonchev–Trinajstić information content (AvgIpc) is 2.44. The molecule has 0 bridgehead atoms. The third kappa shape index (κ3) is 3.77. The fraction of sp³-hybridized carbons (Fsp3) is 0.667. The number of amides is 1. The maximum Gasteiger partial charge on any atom is 0.418 e. The van der Waals surface area contributed by atoms with Crippen LogP contribution in [0.4, 0.5) is 13.2 Å². The van der Waals surface area contributed by atoms with Gasteiger partial charge in [0.25, 0.3) is 5.56 Å². The standard InChI is InChI=1S/C15H20F3N3O3/c1-9-11(13(23)20-10(2)19-9)4-5-12(22)21-7-3-6-14(24,8-21)15(16,17)18/h24H,3-8H2,1-2H3,(H,19,20,23). The van der Waals surface area contributed by atoms with Gasteiger partial charge in [-0.3, -0.25) is 9.59 Å². The molecule has 1 aromatic heterocycles. The van der Waals surface area contributed by atoms with Crippen molar-refractivity contribution in [1.82, 2.24) is 14.9 Å². The van der Waals surface area contributed by atoms with E-state index >= 15 is 0 Å². The van der Waals surface area contributed by atoms with Gasteiger partial charge >= 0.3 is 6.18 Å². The molecule has 1 aliphatic rings. The highest BCUT2D eigenvalue weighted by Crippen LogP contribution is 2.37. The van der Waals surface area contributed by atoms with Gasteiger partial charge in [-0.25, -0.2) is 4.98 Å². The van der Waals surface area contributed by atoms with Crippen LogP contribution in [0, 0.1) is 13.8 Å². The molecule has 134 valence electrons. The summed E-state index contributed by atoms with van der Waals surface area (Å²) < 4.78 is 38.7. The van der Waals surface area contributed by atoms with Crippen LogP contribution in [-0.4, -0.2) is 50.7 Å². The maximum absolute atomic E-state index is 12.9. The minimum absolute atomic E-state index is 0.0768. The van der Waals surface area contributed by atoms with Crippen molar-refractivity contribution in [1.29, 1.82) is 0 Å². The number of aromatic nitrogens is 2. The maximum atomic E-state index is 12.9. The van der Waals surface area contributed by atoms with Crippen LogP contribution in [0.3, 0.4) is 0 Å². The first-order valence-electron chi connectivity index (χ1n) is 7.67. The number of nitrogens with one attached hydrogen (secondary N) is 1. The van der Waals surface area contributed by atoms with Gasteiger partial charge in [0, 0.05) is 24.2 Å². The van der Waals surface area contributed by atoms with Crippen molar-refractivity contribution in [3.8, 4) is 0 Å². The van der Waals surface area contributed by atoms with Crippen LogP contribution in [0.2, 0.25) is 0 Å². The number of carbonyl (C=O) groups excluding carboxylic acids is 1. The second-order valence-electron chi connectivity index (χ2n) is 6.16. The van der Waals surface area contributed by atoms with Crippen molar-refractivity contribution >= 4 is 5.91 Å². The number of halogens is 3. The van der Waals surface area contributed by atoms with E-state index in [4.69, 9.17) is 0 Å². The van der Waals surface area contributed by atoms with Gasteiger partial charge in [0.1, 0.15) is 5.82 Å². The number of rotatable bonds is 3. The van der Waals surface area contributed by atoms with Gasteiger partial charge < -0.3 is 15.0 Å². The lowest BCUT2D eigenvalue weighted by molar-refractivity contribution is -0.272. The molecule has 0 radical (unpaired) electrons. The van der Waals surface area contributed by atoms with E-state index in [1.54, 1.807) is 13.8 Å². The molecule has 2 heterocycles. The molecule has 0 spiro atoms. The summed E-state index contributed by atoms with van der Waals surface area (Å²) >= 11 is 0. The molecular formula is C15H20F3N3O3. The number of hydrogen-bond acceptors (Lipinski definition) is 4. The lowest BCUT2D eigenvalue weighted by atomic mass is 9.92. The predicted molar refractivity (Wildman–Crippen MR) is 79.5 cm³/mol. The predicted octanol–water partition coefficient (Wildman–Crippen LogP) is 1.24. The minimum Gasteiger partial charge on any atom is -0.379 e. The minimum atomic E-state index is -4.78. The normalized spacial score (nSPS) is 21.8. The highest BCUT2D eigenvalue weighted by molar-refractivity contribution is 5.76. The number of hydrogen-bond donors (Lipinski definition) is 2. The summed E-state index contributed by atoms with van der Waals surface area (Å²) in [5.74, 6) is -0.0596. The van der Waals surface area contributed by atoms with E-state index in [1.165, 1.54) is 0 Å². The highest BCUT2D eigenvalue weighted by atomic mass is 19.4. The van der Waals surface area contributed by atoms with Gasteiger partial charge in [0.2, 0.25) is 5.91 Å². The zero-order chi connectivity index (χ0) is 18.1. The fourth-order valence-corrected chi connectivity index (χ4v) is 2.92. The van der Waals surface area contributed by atoms with Crippen molar-refractivity contribution < 1.29 is 23.1 Å². The zero-order valence-corrected chi connectivity index (χ0v) is 13.5. The van der Waals surface area contributed by atoms with Crippen LogP contribution in [0.1, 0.15) is 36.3 Å². The largest absolute Gasteiger partial charge is 0.418 e. The van der Waals surface area contributed by atoms with Crippen LogP contribution < -0.4 is 5.56 Å². The number of aliphatic hydroxyl groups is 1. The molecule has 1 aromatic rings. The molecule has 0 saturated carbocycles. The smallest absolute Gasteiger partial charge is 0.379 e. The van der Waals surface area contributed by atoms with Crippen LogP contribution in [0.25, 0.3) is 0 Å². The Kier molecular flexibility index (Phi) is 5.03. The number of H-pyrrole nitrogens is 1. The lowest BCUT2D eigenvalue weighted by Gasteiger charge is -2.40. The van der Waals surface area contributed by atoms with E-state index in [2.05, 4.69) is 9.97 Å². The SMILES string of the molecule is Cc1nc(C)c(CCC(=O)N2CCCC(O)(C(F)(F)F)C2)c(=O)[nH]1. The Hall–Kier alpha value is -1.90. The molecule has 1 fully saturated rings. The summed E-state index contributed by atoms with van der Waals surface area (Å²) in [6, 6.07) is 0. The summed E-state index contributed by atoms with van der Waals surface area (Å²) in [4.78, 5) is 31.7. The summed E-state index contributed by atoms with van der Waals surface area (Å²) in [7, 11) is 0. The van der Waals surface area contributed by atoms with E-state index in [1.807, 2.05) is 0 Å². The summed E-state index contributed by atoms with van der Waals surface area (Å²) in [5.41, 5.74) is -2.37. The van der Waals surface area contributed by atoms with Crippen molar-refractivity contribution in [3.63, 3.8) is 0 Å². The number of aromatic amines is 1. The quantitative estimate of drug-likeness (QED) is 0.861. The van der Waals surface area contributed by atoms with Gasteiger partial charge in [-0.05, 0) is 33.1 Å². The molecule has 2 rings (SSSR count). The lowest BCUT2D eigenvalue weighted by Crippen LogP contribution is -2.58. The zero-order valence-electron chi connectivity index (χ0n) is 13.5. The molecule has 1 unspecified atom stereocenters. The van der Waals surface area contributed by atoms with Gasteiger partial charge in [-0.2, -0.15) is 13.2 Å². The Balaban J connectivity index is 2.04. The van der Waals surface area contributed by atoms with Gasteiger partial charge in [-0.1, -0.05) is 0 Å². The molecule has 0 aliphatic carbocycles. The Morgan fingerprint density at radius 1 is 1.42 bits per heavy atom. The molecule has 24 heavy (non-hydrogen) atoms. The van der Waals surface area contributed by atoms with Crippen LogP contribution in [0.15, 0.2) is 4.79 Å². The van der Waals surface area contributed by atoms with E-state index in [0.717, 1.165) is 4.90 Å². The molecule has 6 nitrogen and oxygen atoms in total. The molecule has 1 amide bonds. The molecule has 9 heteroatoms. The summed E-state index contributed by atoms with van der Waals surface area (Å²) in [6.07, 6.45) is -5.13. The van der Waals surface area contributed by atoms with Gasteiger partial charge in [0.15, 0.2) is 5.60 Å². The monoisotopic (exact) mass is 347 g/mol. The van der Waals surface area contributed by atoms with Crippen molar-refractivity contribution in [2.45, 2.75) is 51.3 Å². The highest BCUT2D eigenvalue weighted by Gasteiger charge is 2.55. The Bertz CT molecular complexity index is 687. The number of likely N-dealkylation sites (tertiary alicyclic amines) is 1. The summed E-state index contributed by atoms with van der Waals surface area (Å²) in [6.45, 7) is 2.68. The van der Waals surface area contributed by atoms with Gasteiger partial charge in [-0.15, -0.1) is 0 Å². The van der Waals surface area contributed by atoms with Crippen LogP contribution in [0.5, 0.6) is 0 Å². The number of β-amino-alcohol motifs (C(OH)–C–C–N with tert-alkyl or cyclic N) is 1. The molecule has 2 N–H and O–H groups in total. The van der Waals surface area contributed by atoms with Crippen LogP contribution >= 0.6 is 0 Å². The molecule has 1 aliphatic heterocycles. The number of carbonyl (C=O) groups is 1. The van der Waals surface area contributed by atoms with Crippen molar-refractivity contribution in [3.05, 3.63) is 27.4 Å². The van der Waals surface area contributed by atoms with Crippen LogP contribution in [-0.2, 0) is 11.2 Å². The molecule has 1 atom stereocenters. The number of piperidine rings is 1. The van der Waals surface area contributed by atoms with E-state index in [9.17, 15) is 27.9 Å². The second-order valence-corrected chi connectivity index (χ2v) is 6.16. The first-order valence-corrected chi connectivity index (χ1v) is 7.67. The van der Waals surface area contributed by atoms with E-state index in [-0.39, 0.29) is 31.4 Å². The first-order chi connectivity index (χ1) is 11.0. The second kappa shape index (κ2) is 6.54. The summed E-state index contributed by atoms with van der Waals surface area (Å²) in [5, 5.41) is 9.75. The first kappa shape index (κ1) is 18.4. The molecular weight excluding hydrogens is 327 g/mol. The van der Waals surface area contributed by atoms with Gasteiger partial charge in [0.05, 0.1) is 6.54 Å². The topological polar surface area (TPSA) is 86.3 Å². The fourth-order valence-electron chi connectivity index (χ4n) is 2.92.